The summed E-state index contributed by atoms with van der Waals surface area (Å²) in [7, 11) is 0. The number of aromatic nitrogens is 3. The molecule has 0 spiro atoms. The van der Waals surface area contributed by atoms with Crippen LogP contribution in [0, 0.1) is 0 Å². The predicted molar refractivity (Wildman–Crippen MR) is 119 cm³/mol. The molecule has 8 nitrogen and oxygen atoms in total. The zero-order valence-electron chi connectivity index (χ0n) is 17.2. The molecule has 2 aromatic heterocycles. The Labute approximate surface area is 188 Å². The number of amides is 1. The number of fused-ring (bicyclic) bond motifs is 1. The molecular formula is C23H20N4O4S. The minimum absolute atomic E-state index is 0.112. The summed E-state index contributed by atoms with van der Waals surface area (Å²) in [5, 5.41) is 12.0. The third-order valence-corrected chi connectivity index (χ3v) is 5.99. The van der Waals surface area contributed by atoms with E-state index in [1.807, 2.05) is 66.1 Å². The zero-order valence-corrected chi connectivity index (χ0v) is 18.0. The van der Waals surface area contributed by atoms with Crippen molar-refractivity contribution in [3.63, 3.8) is 0 Å². The number of benzene rings is 2. The lowest BCUT2D eigenvalue weighted by Gasteiger charge is -2.14. The molecule has 4 aromatic rings. The highest BCUT2D eigenvalue weighted by atomic mass is 32.2. The van der Waals surface area contributed by atoms with Crippen LogP contribution >= 0.6 is 11.8 Å². The summed E-state index contributed by atoms with van der Waals surface area (Å²) in [6.07, 6.45) is 1.58. The van der Waals surface area contributed by atoms with Gasteiger partial charge in [-0.05, 0) is 49.4 Å². The van der Waals surface area contributed by atoms with Crippen LogP contribution in [0.4, 0.5) is 0 Å². The van der Waals surface area contributed by atoms with E-state index in [-0.39, 0.29) is 18.0 Å². The van der Waals surface area contributed by atoms with Crippen LogP contribution in [0.15, 0.2) is 76.5 Å². The number of carbonyl (C=O) groups is 1. The third-order valence-electron chi connectivity index (χ3n) is 4.95. The Morgan fingerprint density at radius 1 is 1.09 bits per heavy atom. The Morgan fingerprint density at radius 3 is 2.75 bits per heavy atom. The molecule has 0 unspecified atom stereocenters. The Morgan fingerprint density at radius 2 is 1.94 bits per heavy atom. The second-order valence-electron chi connectivity index (χ2n) is 7.10. The second-order valence-corrected chi connectivity index (χ2v) is 8.41. The fourth-order valence-corrected chi connectivity index (χ4v) is 4.21. The average molecular weight is 449 g/mol. The van der Waals surface area contributed by atoms with Gasteiger partial charge in [-0.3, -0.25) is 9.36 Å². The summed E-state index contributed by atoms with van der Waals surface area (Å²) in [6, 6.07) is 19.1. The van der Waals surface area contributed by atoms with Gasteiger partial charge in [-0.15, -0.1) is 10.2 Å². The maximum absolute atomic E-state index is 12.6. The van der Waals surface area contributed by atoms with Crippen LogP contribution in [0.25, 0.3) is 17.1 Å². The number of nitrogens with one attached hydrogen (secondary N) is 1. The number of carbonyl (C=O) groups excluding carboxylic acids is 1. The van der Waals surface area contributed by atoms with Gasteiger partial charge in [0.25, 0.3) is 0 Å². The van der Waals surface area contributed by atoms with E-state index >= 15 is 0 Å². The van der Waals surface area contributed by atoms with E-state index in [9.17, 15) is 4.79 Å². The Bertz CT molecular complexity index is 1220. The van der Waals surface area contributed by atoms with Gasteiger partial charge in [-0.2, -0.15) is 0 Å². The van der Waals surface area contributed by atoms with E-state index in [4.69, 9.17) is 13.9 Å². The number of nitrogens with zero attached hydrogens (tertiary/aromatic N) is 3. The van der Waals surface area contributed by atoms with Gasteiger partial charge in [0.2, 0.25) is 12.7 Å². The molecule has 9 heteroatoms. The molecule has 1 amide bonds. The number of ether oxygens (including phenoxy) is 2. The fraction of sp³-hybridized carbons (Fsp3) is 0.174. The SMILES string of the molecule is C[C@H](Sc1nnc(-c2ccc3c(c2)OCO3)n1-c1ccccc1)C(=O)NCc1ccco1. The van der Waals surface area contributed by atoms with Crippen molar-refractivity contribution in [1.29, 1.82) is 0 Å². The lowest BCUT2D eigenvalue weighted by atomic mass is 10.2. The van der Waals surface area contributed by atoms with Gasteiger partial charge >= 0.3 is 0 Å². The van der Waals surface area contributed by atoms with Crippen LogP contribution in [0.5, 0.6) is 11.5 Å². The van der Waals surface area contributed by atoms with Crippen molar-refractivity contribution in [2.24, 2.45) is 0 Å². The van der Waals surface area contributed by atoms with Gasteiger partial charge in [0.05, 0.1) is 18.1 Å². The number of hydrogen-bond acceptors (Lipinski definition) is 7. The van der Waals surface area contributed by atoms with Crippen molar-refractivity contribution >= 4 is 17.7 Å². The largest absolute Gasteiger partial charge is 0.467 e. The highest BCUT2D eigenvalue weighted by Crippen LogP contribution is 2.37. The van der Waals surface area contributed by atoms with Crippen molar-refractivity contribution in [2.75, 3.05) is 6.79 Å². The van der Waals surface area contributed by atoms with Crippen LogP contribution in [-0.4, -0.2) is 32.7 Å². The van der Waals surface area contributed by atoms with Crippen molar-refractivity contribution in [1.82, 2.24) is 20.1 Å². The molecule has 1 N–H and O–H groups in total. The highest BCUT2D eigenvalue weighted by Gasteiger charge is 2.23. The summed E-state index contributed by atoms with van der Waals surface area (Å²) < 4.78 is 18.2. The van der Waals surface area contributed by atoms with Crippen LogP contribution < -0.4 is 14.8 Å². The van der Waals surface area contributed by atoms with Gasteiger partial charge in [0.1, 0.15) is 5.76 Å². The number of thioether (sulfide) groups is 1. The quantitative estimate of drug-likeness (QED) is 0.427. The second kappa shape index (κ2) is 8.80. The van der Waals surface area contributed by atoms with E-state index in [0.29, 0.717) is 34.8 Å². The summed E-state index contributed by atoms with van der Waals surface area (Å²) in [4.78, 5) is 12.6. The van der Waals surface area contributed by atoms with E-state index in [2.05, 4.69) is 15.5 Å². The van der Waals surface area contributed by atoms with Crippen molar-refractivity contribution < 1.29 is 18.7 Å². The molecule has 162 valence electrons. The number of rotatable bonds is 7. The molecule has 2 aromatic carbocycles. The minimum Gasteiger partial charge on any atom is -0.467 e. The minimum atomic E-state index is -0.388. The van der Waals surface area contributed by atoms with Crippen molar-refractivity contribution in [2.45, 2.75) is 23.9 Å². The number of para-hydroxylation sites is 1. The van der Waals surface area contributed by atoms with Gasteiger partial charge in [-0.25, -0.2) is 0 Å². The predicted octanol–water partition coefficient (Wildman–Crippen LogP) is 4.05. The standard InChI is InChI=1S/C23H20N4O4S/c1-15(22(28)24-13-18-8-5-11-29-18)32-23-26-25-21(27(23)17-6-3-2-4-7-17)16-9-10-19-20(12-16)31-14-30-19/h2-12,15H,13-14H2,1H3,(H,24,28)/t15-/m0/s1. The van der Waals surface area contributed by atoms with Crippen molar-refractivity contribution in [3.8, 4) is 28.6 Å². The number of hydrogen-bond donors (Lipinski definition) is 1. The summed E-state index contributed by atoms with van der Waals surface area (Å²) in [5.74, 6) is 2.62. The van der Waals surface area contributed by atoms with Gasteiger partial charge in [-0.1, -0.05) is 30.0 Å². The smallest absolute Gasteiger partial charge is 0.233 e. The molecule has 0 radical (unpaired) electrons. The average Bonchev–Trinajstić information content (AvgIpc) is 3.58. The van der Waals surface area contributed by atoms with E-state index in [1.165, 1.54) is 11.8 Å². The number of furan rings is 1. The summed E-state index contributed by atoms with van der Waals surface area (Å²) in [6.45, 7) is 2.38. The van der Waals surface area contributed by atoms with Crippen molar-refractivity contribution in [3.05, 3.63) is 72.7 Å². The van der Waals surface area contributed by atoms with E-state index in [1.54, 1.807) is 12.3 Å². The molecule has 0 saturated heterocycles. The molecule has 1 aliphatic rings. The maximum atomic E-state index is 12.6. The molecule has 5 rings (SSSR count). The molecule has 0 aliphatic carbocycles. The van der Waals surface area contributed by atoms with Gasteiger partial charge < -0.3 is 19.2 Å². The Kier molecular flexibility index (Phi) is 5.55. The van der Waals surface area contributed by atoms with Gasteiger partial charge in [0.15, 0.2) is 22.5 Å². The Balaban J connectivity index is 1.43. The monoisotopic (exact) mass is 448 g/mol. The topological polar surface area (TPSA) is 91.4 Å². The third kappa shape index (κ3) is 4.06. The Hall–Kier alpha value is -3.72. The molecule has 0 bridgehead atoms. The highest BCUT2D eigenvalue weighted by molar-refractivity contribution is 8.00. The summed E-state index contributed by atoms with van der Waals surface area (Å²) in [5.41, 5.74) is 1.74. The van der Waals surface area contributed by atoms with E-state index < -0.39 is 0 Å². The van der Waals surface area contributed by atoms with Crippen LogP contribution in [0.2, 0.25) is 0 Å². The maximum Gasteiger partial charge on any atom is 0.233 e. The molecule has 32 heavy (non-hydrogen) atoms. The molecule has 3 heterocycles. The van der Waals surface area contributed by atoms with E-state index in [0.717, 1.165) is 11.3 Å². The van der Waals surface area contributed by atoms with Crippen LogP contribution in [0.3, 0.4) is 0 Å². The van der Waals surface area contributed by atoms with Gasteiger partial charge in [0, 0.05) is 11.3 Å². The van der Waals surface area contributed by atoms with Crippen LogP contribution in [0.1, 0.15) is 12.7 Å². The zero-order chi connectivity index (χ0) is 21.9. The first kappa shape index (κ1) is 20.2. The van der Waals surface area contributed by atoms with Crippen LogP contribution in [-0.2, 0) is 11.3 Å². The normalized spacial score (nSPS) is 13.2. The first-order valence-electron chi connectivity index (χ1n) is 10.1. The lowest BCUT2D eigenvalue weighted by Crippen LogP contribution is -2.30. The molecule has 0 saturated carbocycles. The lowest BCUT2D eigenvalue weighted by molar-refractivity contribution is -0.120. The fourth-order valence-electron chi connectivity index (χ4n) is 3.32. The first-order valence-corrected chi connectivity index (χ1v) is 10.9. The summed E-state index contributed by atoms with van der Waals surface area (Å²) >= 11 is 1.34. The molecule has 1 aliphatic heterocycles. The first-order chi connectivity index (χ1) is 15.7. The molecular weight excluding hydrogens is 428 g/mol. The molecule has 1 atom stereocenters. The molecule has 0 fully saturated rings.